The third-order valence-corrected chi connectivity index (χ3v) is 2.34. The fourth-order valence-corrected chi connectivity index (χ4v) is 1.38. The minimum atomic E-state index is 0.375. The van der Waals surface area contributed by atoms with Gasteiger partial charge in [-0.1, -0.05) is 11.6 Å². The monoisotopic (exact) mass is 198 g/mol. The van der Waals surface area contributed by atoms with Gasteiger partial charge in [0.25, 0.3) is 0 Å². The van der Waals surface area contributed by atoms with Crippen LogP contribution in [0, 0.1) is 6.92 Å². The summed E-state index contributed by atoms with van der Waals surface area (Å²) in [5.74, 6) is 5.85. The van der Waals surface area contributed by atoms with Crippen LogP contribution < -0.4 is 10.9 Å². The molecule has 1 aromatic heterocycles. The van der Waals surface area contributed by atoms with E-state index in [0.29, 0.717) is 11.2 Å². The van der Waals surface area contributed by atoms with Gasteiger partial charge in [-0.15, -0.1) is 5.10 Å². The fourth-order valence-electron chi connectivity index (χ4n) is 1.19. The number of hydrogen-bond donors (Lipinski definition) is 1. The van der Waals surface area contributed by atoms with Crippen LogP contribution in [0.3, 0.4) is 0 Å². The number of anilines is 1. The van der Waals surface area contributed by atoms with Gasteiger partial charge in [0.2, 0.25) is 0 Å². The normalized spacial score (nSPS) is 15.9. The maximum atomic E-state index is 5.87. The van der Waals surface area contributed by atoms with E-state index in [1.54, 1.807) is 5.01 Å². The molecule has 5 heteroatoms. The molecule has 0 spiro atoms. The average Bonchev–Trinajstić information content (AvgIpc) is 2.91. The first-order valence-electron chi connectivity index (χ1n) is 4.22. The maximum Gasteiger partial charge on any atom is 0.176 e. The average molecular weight is 199 g/mol. The Bertz CT molecular complexity index is 324. The van der Waals surface area contributed by atoms with E-state index in [1.807, 2.05) is 13.0 Å². The van der Waals surface area contributed by atoms with Gasteiger partial charge < -0.3 is 5.01 Å². The molecule has 0 atom stereocenters. The molecule has 2 N–H and O–H groups in total. The van der Waals surface area contributed by atoms with Gasteiger partial charge in [0, 0.05) is 6.04 Å². The lowest BCUT2D eigenvalue weighted by molar-refractivity contribution is 0.831. The van der Waals surface area contributed by atoms with Crippen molar-refractivity contribution in [3.63, 3.8) is 0 Å². The van der Waals surface area contributed by atoms with Gasteiger partial charge in [-0.2, -0.15) is 5.10 Å². The molecule has 0 radical (unpaired) electrons. The molecule has 0 bridgehead atoms. The summed E-state index contributed by atoms with van der Waals surface area (Å²) in [5, 5.41) is 9.70. The van der Waals surface area contributed by atoms with Crippen LogP contribution in [-0.2, 0) is 0 Å². The van der Waals surface area contributed by atoms with Gasteiger partial charge in [0.1, 0.15) is 0 Å². The predicted octanol–water partition coefficient (Wildman–Crippen LogP) is 1.28. The van der Waals surface area contributed by atoms with Crippen molar-refractivity contribution >= 4 is 17.3 Å². The number of rotatable bonds is 2. The molecular weight excluding hydrogens is 188 g/mol. The highest BCUT2D eigenvalue weighted by Crippen LogP contribution is 2.31. The molecule has 0 aromatic carbocycles. The molecule has 1 saturated carbocycles. The maximum absolute atomic E-state index is 5.87. The first-order valence-corrected chi connectivity index (χ1v) is 4.60. The number of aromatic nitrogens is 2. The second-order valence-electron chi connectivity index (χ2n) is 3.30. The summed E-state index contributed by atoms with van der Waals surface area (Å²) in [5.41, 5.74) is 1.60. The summed E-state index contributed by atoms with van der Waals surface area (Å²) in [6.07, 6.45) is 2.27. The van der Waals surface area contributed by atoms with Crippen LogP contribution in [0.15, 0.2) is 6.07 Å². The topological polar surface area (TPSA) is 55.0 Å². The Morgan fingerprint density at radius 3 is 2.85 bits per heavy atom. The zero-order valence-corrected chi connectivity index (χ0v) is 8.12. The van der Waals surface area contributed by atoms with Crippen molar-refractivity contribution in [2.24, 2.45) is 5.84 Å². The summed E-state index contributed by atoms with van der Waals surface area (Å²) < 4.78 is 0. The van der Waals surface area contributed by atoms with Crippen LogP contribution in [0.1, 0.15) is 18.5 Å². The van der Waals surface area contributed by atoms with Gasteiger partial charge in [-0.3, -0.25) is 0 Å². The van der Waals surface area contributed by atoms with E-state index in [0.717, 1.165) is 24.2 Å². The van der Waals surface area contributed by atoms with E-state index in [9.17, 15) is 0 Å². The van der Waals surface area contributed by atoms with E-state index >= 15 is 0 Å². The fraction of sp³-hybridized carbons (Fsp3) is 0.500. The Morgan fingerprint density at radius 2 is 2.23 bits per heavy atom. The van der Waals surface area contributed by atoms with E-state index in [1.165, 1.54) is 0 Å². The highest BCUT2D eigenvalue weighted by atomic mass is 35.5. The van der Waals surface area contributed by atoms with Gasteiger partial charge in [-0.05, 0) is 25.8 Å². The van der Waals surface area contributed by atoms with Crippen molar-refractivity contribution < 1.29 is 0 Å². The molecule has 0 unspecified atom stereocenters. The third kappa shape index (κ3) is 1.73. The SMILES string of the molecule is Cc1cc(N(N)C2CC2)c(Cl)nn1. The molecule has 1 aliphatic carbocycles. The van der Waals surface area contributed by atoms with Crippen molar-refractivity contribution in [3.8, 4) is 0 Å². The van der Waals surface area contributed by atoms with Crippen molar-refractivity contribution in [3.05, 3.63) is 16.9 Å². The molecule has 13 heavy (non-hydrogen) atoms. The molecule has 4 nitrogen and oxygen atoms in total. The van der Waals surface area contributed by atoms with E-state index in [4.69, 9.17) is 17.4 Å². The van der Waals surface area contributed by atoms with Crippen molar-refractivity contribution in [2.75, 3.05) is 5.01 Å². The Balaban J connectivity index is 2.31. The molecule has 0 amide bonds. The molecule has 1 aromatic rings. The Labute approximate surface area is 81.7 Å². The molecule has 1 fully saturated rings. The highest BCUT2D eigenvalue weighted by Gasteiger charge is 2.28. The summed E-state index contributed by atoms with van der Waals surface area (Å²) in [7, 11) is 0. The van der Waals surface area contributed by atoms with E-state index in [2.05, 4.69) is 10.2 Å². The second-order valence-corrected chi connectivity index (χ2v) is 3.66. The van der Waals surface area contributed by atoms with Gasteiger partial charge in [-0.25, -0.2) is 5.84 Å². The zero-order chi connectivity index (χ0) is 9.42. The standard InChI is InChI=1S/C8H11ClN4/c1-5-4-7(8(9)12-11-5)13(10)6-2-3-6/h4,6H,2-3,10H2,1H3. The Hall–Kier alpha value is -0.870. The predicted molar refractivity (Wildman–Crippen MR) is 51.5 cm³/mol. The first-order chi connectivity index (χ1) is 6.18. The number of halogens is 1. The number of nitrogens with zero attached hydrogens (tertiary/aromatic N) is 3. The summed E-state index contributed by atoms with van der Waals surface area (Å²) in [4.78, 5) is 0. The minimum absolute atomic E-state index is 0.375. The van der Waals surface area contributed by atoms with Gasteiger partial charge in [0.15, 0.2) is 5.15 Å². The number of nitrogens with two attached hydrogens (primary N) is 1. The molecule has 1 heterocycles. The Morgan fingerprint density at radius 1 is 1.54 bits per heavy atom. The highest BCUT2D eigenvalue weighted by molar-refractivity contribution is 6.31. The van der Waals surface area contributed by atoms with Crippen LogP contribution >= 0.6 is 11.6 Å². The number of hydrogen-bond acceptors (Lipinski definition) is 4. The molecule has 0 aliphatic heterocycles. The smallest absolute Gasteiger partial charge is 0.176 e. The second kappa shape index (κ2) is 3.12. The third-order valence-electron chi connectivity index (χ3n) is 2.07. The Kier molecular flexibility index (Phi) is 2.09. The lowest BCUT2D eigenvalue weighted by Crippen LogP contribution is -2.33. The van der Waals surface area contributed by atoms with Crippen LogP contribution in [0.4, 0.5) is 5.69 Å². The largest absolute Gasteiger partial charge is 0.305 e. The molecular formula is C8H11ClN4. The first kappa shape index (κ1) is 8.72. The number of aryl methyl sites for hydroxylation is 1. The van der Waals surface area contributed by atoms with Gasteiger partial charge >= 0.3 is 0 Å². The van der Waals surface area contributed by atoms with Crippen molar-refractivity contribution in [2.45, 2.75) is 25.8 Å². The van der Waals surface area contributed by atoms with E-state index in [-0.39, 0.29) is 0 Å². The molecule has 1 aliphatic rings. The van der Waals surface area contributed by atoms with Crippen LogP contribution in [0.25, 0.3) is 0 Å². The quantitative estimate of drug-likeness (QED) is 0.575. The lowest BCUT2D eigenvalue weighted by atomic mass is 10.3. The minimum Gasteiger partial charge on any atom is -0.305 e. The zero-order valence-electron chi connectivity index (χ0n) is 7.37. The number of hydrazine groups is 1. The summed E-state index contributed by atoms with van der Waals surface area (Å²) in [6, 6.07) is 2.29. The van der Waals surface area contributed by atoms with Crippen LogP contribution in [0.2, 0.25) is 5.15 Å². The van der Waals surface area contributed by atoms with Crippen molar-refractivity contribution in [1.82, 2.24) is 10.2 Å². The molecule has 2 rings (SSSR count). The summed E-state index contributed by atoms with van der Waals surface area (Å²) >= 11 is 5.87. The van der Waals surface area contributed by atoms with E-state index < -0.39 is 0 Å². The van der Waals surface area contributed by atoms with Crippen molar-refractivity contribution in [1.29, 1.82) is 0 Å². The molecule has 0 saturated heterocycles. The summed E-state index contributed by atoms with van der Waals surface area (Å²) in [6.45, 7) is 1.87. The van der Waals surface area contributed by atoms with Gasteiger partial charge in [0.05, 0.1) is 11.4 Å². The lowest BCUT2D eigenvalue weighted by Gasteiger charge is -2.18. The molecule has 70 valence electrons. The van der Waals surface area contributed by atoms with Crippen LogP contribution in [-0.4, -0.2) is 16.2 Å². The van der Waals surface area contributed by atoms with Crippen LogP contribution in [0.5, 0.6) is 0 Å².